The van der Waals surface area contributed by atoms with Crippen molar-refractivity contribution in [1.29, 1.82) is 0 Å². The van der Waals surface area contributed by atoms with Crippen molar-refractivity contribution in [3.63, 3.8) is 0 Å². The van der Waals surface area contributed by atoms with E-state index in [2.05, 4.69) is 200 Å². The van der Waals surface area contributed by atoms with Crippen molar-refractivity contribution in [2.24, 2.45) is 0 Å². The Morgan fingerprint density at radius 1 is 0.600 bits per heavy atom. The van der Waals surface area contributed by atoms with Crippen LogP contribution in [0.5, 0.6) is 0 Å². The zero-order chi connectivity index (χ0) is 41.0. The molecule has 3 nitrogen and oxygen atoms in total. The first-order valence-corrected chi connectivity index (χ1v) is 21.0. The normalized spacial score (nSPS) is 12.1. The summed E-state index contributed by atoms with van der Waals surface area (Å²) in [5, 5.41) is 3.41. The van der Waals surface area contributed by atoms with Crippen molar-refractivity contribution < 1.29 is 4.42 Å². The smallest absolute Gasteiger partial charge is 0.135 e. The molecule has 2 heterocycles. The van der Waals surface area contributed by atoms with Crippen LogP contribution >= 0.6 is 11.3 Å². The molecule has 0 spiro atoms. The molecule has 0 saturated carbocycles. The van der Waals surface area contributed by atoms with E-state index in [1.54, 1.807) is 11.3 Å². The molecular weight excluding hydrogens is 749 g/mol. The van der Waals surface area contributed by atoms with Crippen LogP contribution in [0, 0.1) is 0 Å². The SMILES string of the molecule is C=C/C=C(\C=C/C)N(/C(C)=C/c1c(C=C)sc2cccc(-c3ccc(N(c4ccc(-c5ccccc5)cc4)c4ccc5oc6ccccc6c5c4)cc3)c12)c1ccccc1. The van der Waals surface area contributed by atoms with E-state index < -0.39 is 0 Å². The Hall–Kier alpha value is -7.40. The van der Waals surface area contributed by atoms with Crippen LogP contribution in [-0.2, 0) is 0 Å². The third-order valence-corrected chi connectivity index (χ3v) is 12.0. The first kappa shape index (κ1) is 38.1. The van der Waals surface area contributed by atoms with E-state index in [-0.39, 0.29) is 0 Å². The van der Waals surface area contributed by atoms with Crippen molar-refractivity contribution in [1.82, 2.24) is 0 Å². The van der Waals surface area contributed by atoms with E-state index in [1.165, 1.54) is 26.8 Å². The van der Waals surface area contributed by atoms with Crippen LogP contribution in [0.3, 0.4) is 0 Å². The van der Waals surface area contributed by atoms with Gasteiger partial charge in [-0.3, -0.25) is 0 Å². The van der Waals surface area contributed by atoms with Crippen molar-refractivity contribution in [2.45, 2.75) is 13.8 Å². The molecule has 0 bridgehead atoms. The molecule has 0 radical (unpaired) electrons. The standard InChI is InChI=1S/C56H44N2OS/c1-5-17-43(18-6-2)57(44-21-12-9-13-22-44)39(4)37-51-54(7-3)60-55-26-16-24-48(56(51)55)42-29-33-46(34-30-42)58(45-31-27-41(28-32-45)40-19-10-8-11-20-40)47-35-36-53-50(38-47)49-23-14-15-25-52(49)59-53/h5-38H,1,3H2,2,4H3/b18-6-,39-37+,43-17+. The van der Waals surface area contributed by atoms with Crippen molar-refractivity contribution in [2.75, 3.05) is 9.80 Å². The number of hydrogen-bond acceptors (Lipinski definition) is 4. The maximum Gasteiger partial charge on any atom is 0.135 e. The highest BCUT2D eigenvalue weighted by Crippen LogP contribution is 2.43. The van der Waals surface area contributed by atoms with E-state index >= 15 is 0 Å². The van der Waals surface area contributed by atoms with Crippen LogP contribution in [0.2, 0.25) is 0 Å². The molecule has 60 heavy (non-hydrogen) atoms. The lowest BCUT2D eigenvalue weighted by atomic mass is 9.97. The van der Waals surface area contributed by atoms with E-state index in [1.807, 2.05) is 43.4 Å². The van der Waals surface area contributed by atoms with Crippen molar-refractivity contribution in [3.8, 4) is 22.3 Å². The molecule has 0 N–H and O–H groups in total. The zero-order valence-corrected chi connectivity index (χ0v) is 34.6. The summed E-state index contributed by atoms with van der Waals surface area (Å²) in [5.74, 6) is 0. The Labute approximate surface area is 356 Å². The molecule has 2 aromatic heterocycles. The molecule has 0 unspecified atom stereocenters. The van der Waals surface area contributed by atoms with Gasteiger partial charge >= 0.3 is 0 Å². The average Bonchev–Trinajstić information content (AvgIpc) is 3.85. The summed E-state index contributed by atoms with van der Waals surface area (Å²) < 4.78 is 7.45. The number of fused-ring (bicyclic) bond motifs is 4. The van der Waals surface area contributed by atoms with Gasteiger partial charge in [-0.15, -0.1) is 11.3 Å². The number of thiophene rings is 1. The van der Waals surface area contributed by atoms with Gasteiger partial charge in [0.15, 0.2) is 0 Å². The zero-order valence-electron chi connectivity index (χ0n) is 33.8. The number of hydrogen-bond donors (Lipinski definition) is 0. The summed E-state index contributed by atoms with van der Waals surface area (Å²) in [6.07, 6.45) is 12.4. The third-order valence-electron chi connectivity index (χ3n) is 10.9. The summed E-state index contributed by atoms with van der Waals surface area (Å²) in [6.45, 7) is 12.5. The quantitative estimate of drug-likeness (QED) is 0.115. The summed E-state index contributed by atoms with van der Waals surface area (Å²) in [5.41, 5.74) is 14.0. The number of allylic oxidation sites excluding steroid dienone is 5. The van der Waals surface area contributed by atoms with Crippen LogP contribution in [-0.4, -0.2) is 0 Å². The van der Waals surface area contributed by atoms with Gasteiger partial charge in [0.05, 0.1) is 0 Å². The maximum absolute atomic E-state index is 6.24. The van der Waals surface area contributed by atoms with E-state index in [0.717, 1.165) is 72.1 Å². The Bertz CT molecular complexity index is 3070. The highest BCUT2D eigenvalue weighted by atomic mass is 32.1. The van der Waals surface area contributed by atoms with Crippen molar-refractivity contribution >= 4 is 78.3 Å². The van der Waals surface area contributed by atoms with E-state index in [0.29, 0.717) is 0 Å². The predicted molar refractivity (Wildman–Crippen MR) is 260 cm³/mol. The molecule has 7 aromatic carbocycles. The summed E-state index contributed by atoms with van der Waals surface area (Å²) in [4.78, 5) is 5.74. The second-order valence-electron chi connectivity index (χ2n) is 14.6. The Morgan fingerprint density at radius 2 is 1.23 bits per heavy atom. The highest BCUT2D eigenvalue weighted by Gasteiger charge is 2.19. The predicted octanol–water partition coefficient (Wildman–Crippen LogP) is 16.8. The van der Waals surface area contributed by atoms with Gasteiger partial charge in [-0.05, 0) is 121 Å². The molecule has 0 amide bonds. The minimum Gasteiger partial charge on any atom is -0.456 e. The Morgan fingerprint density at radius 3 is 1.93 bits per heavy atom. The van der Waals surface area contributed by atoms with Gasteiger partial charge < -0.3 is 14.2 Å². The van der Waals surface area contributed by atoms with E-state index in [9.17, 15) is 0 Å². The average molecular weight is 793 g/mol. The second-order valence-corrected chi connectivity index (χ2v) is 15.7. The summed E-state index contributed by atoms with van der Waals surface area (Å²) >= 11 is 1.77. The molecule has 290 valence electrons. The van der Waals surface area contributed by atoms with Gasteiger partial charge in [-0.25, -0.2) is 0 Å². The molecule has 0 saturated heterocycles. The van der Waals surface area contributed by atoms with Gasteiger partial charge in [-0.1, -0.05) is 135 Å². The summed E-state index contributed by atoms with van der Waals surface area (Å²) in [7, 11) is 0. The lowest BCUT2D eigenvalue weighted by Crippen LogP contribution is -2.19. The lowest BCUT2D eigenvalue weighted by molar-refractivity contribution is 0.669. The maximum atomic E-state index is 6.24. The molecule has 9 rings (SSSR count). The monoisotopic (exact) mass is 792 g/mol. The van der Waals surface area contributed by atoms with Gasteiger partial charge in [0.2, 0.25) is 0 Å². The highest BCUT2D eigenvalue weighted by molar-refractivity contribution is 7.20. The fourth-order valence-electron chi connectivity index (χ4n) is 8.15. The third kappa shape index (κ3) is 7.30. The van der Waals surface area contributed by atoms with Crippen LogP contribution in [0.15, 0.2) is 223 Å². The number of para-hydroxylation sites is 2. The number of nitrogens with zero attached hydrogens (tertiary/aromatic N) is 2. The molecule has 0 aliphatic carbocycles. The van der Waals surface area contributed by atoms with Crippen LogP contribution in [0.1, 0.15) is 24.3 Å². The Kier molecular flexibility index (Phi) is 10.7. The lowest BCUT2D eigenvalue weighted by Gasteiger charge is -2.27. The van der Waals surface area contributed by atoms with E-state index in [4.69, 9.17) is 4.42 Å². The molecule has 0 aliphatic heterocycles. The minimum absolute atomic E-state index is 0.874. The number of benzene rings is 7. The largest absolute Gasteiger partial charge is 0.456 e. The minimum atomic E-state index is 0.874. The first-order valence-electron chi connectivity index (χ1n) is 20.2. The molecule has 4 heteroatoms. The van der Waals surface area contributed by atoms with Crippen LogP contribution in [0.25, 0.3) is 66.4 Å². The second kappa shape index (κ2) is 16.8. The molecule has 0 atom stereocenters. The molecule has 0 aliphatic rings. The van der Waals surface area contributed by atoms with Gasteiger partial charge in [-0.2, -0.15) is 0 Å². The molecule has 0 fully saturated rings. The number of rotatable bonds is 12. The number of furan rings is 1. The van der Waals surface area contributed by atoms with Gasteiger partial charge in [0.25, 0.3) is 0 Å². The van der Waals surface area contributed by atoms with Gasteiger partial charge in [0, 0.05) is 65.4 Å². The summed E-state index contributed by atoms with van der Waals surface area (Å²) in [6, 6.07) is 60.1. The van der Waals surface area contributed by atoms with Crippen molar-refractivity contribution in [3.05, 3.63) is 229 Å². The fraction of sp³-hybridized carbons (Fsp3) is 0.0357. The molecule has 9 aromatic rings. The fourth-order valence-corrected chi connectivity index (χ4v) is 9.21. The van der Waals surface area contributed by atoms with Crippen LogP contribution in [0.4, 0.5) is 22.7 Å². The Balaban J connectivity index is 1.15. The first-order chi connectivity index (χ1) is 29.5. The van der Waals surface area contributed by atoms with Gasteiger partial charge in [0.1, 0.15) is 11.2 Å². The molecular formula is C56H44N2OS. The van der Waals surface area contributed by atoms with Crippen LogP contribution < -0.4 is 9.80 Å². The topological polar surface area (TPSA) is 19.6 Å². The number of anilines is 4.